The van der Waals surface area contributed by atoms with Gasteiger partial charge in [0.1, 0.15) is 11.8 Å². The molecule has 1 fully saturated rings. The third-order valence-corrected chi connectivity index (χ3v) is 4.66. The van der Waals surface area contributed by atoms with Crippen LogP contribution in [0.1, 0.15) is 51.0 Å². The van der Waals surface area contributed by atoms with Crippen molar-refractivity contribution in [1.82, 2.24) is 5.32 Å². The Morgan fingerprint density at radius 3 is 2.52 bits per heavy atom. The number of benzene rings is 1. The van der Waals surface area contributed by atoms with Gasteiger partial charge < -0.3 is 20.9 Å². The zero-order valence-electron chi connectivity index (χ0n) is 14.8. The lowest BCUT2D eigenvalue weighted by Gasteiger charge is -2.26. The third-order valence-electron chi connectivity index (χ3n) is 4.66. The van der Waals surface area contributed by atoms with Crippen LogP contribution in [0.4, 0.5) is 0 Å². The van der Waals surface area contributed by atoms with E-state index in [0.717, 1.165) is 31.2 Å². The number of nitrogens with two attached hydrogens (primary N) is 1. The summed E-state index contributed by atoms with van der Waals surface area (Å²) >= 11 is 0. The number of amides is 1. The second-order valence-electron chi connectivity index (χ2n) is 6.78. The third kappa shape index (κ3) is 5.46. The predicted octanol–water partition coefficient (Wildman–Crippen LogP) is 2.03. The van der Waals surface area contributed by atoms with Gasteiger partial charge in [-0.1, -0.05) is 38.3 Å². The number of aromatic hydroxyl groups is 1. The first-order chi connectivity index (χ1) is 11.9. The number of phenols is 1. The van der Waals surface area contributed by atoms with E-state index in [4.69, 9.17) is 10.5 Å². The van der Waals surface area contributed by atoms with Gasteiger partial charge in [0.05, 0.1) is 12.1 Å². The number of ether oxygens (including phenoxy) is 1. The molecule has 6 heteroatoms. The Balaban J connectivity index is 2.06. The van der Waals surface area contributed by atoms with Gasteiger partial charge in [0.15, 0.2) is 0 Å². The Morgan fingerprint density at radius 2 is 1.92 bits per heavy atom. The van der Waals surface area contributed by atoms with Gasteiger partial charge in [-0.2, -0.15) is 0 Å². The smallest absolute Gasteiger partial charge is 0.328 e. The molecule has 4 N–H and O–H groups in total. The SMILES string of the molecule is CCCCOC(=O)[C@H](Cc1ccc(O)cc1)NC(=O)C1(N)CCCC1. The molecule has 0 radical (unpaired) electrons. The van der Waals surface area contributed by atoms with Gasteiger partial charge in [0, 0.05) is 6.42 Å². The molecular weight excluding hydrogens is 320 g/mol. The molecule has 1 atom stereocenters. The summed E-state index contributed by atoms with van der Waals surface area (Å²) in [6.45, 7) is 2.35. The monoisotopic (exact) mass is 348 g/mol. The van der Waals surface area contributed by atoms with E-state index in [1.54, 1.807) is 24.3 Å². The van der Waals surface area contributed by atoms with Gasteiger partial charge in [0.25, 0.3) is 0 Å². The molecular formula is C19H28N2O4. The van der Waals surface area contributed by atoms with E-state index in [-0.39, 0.29) is 11.7 Å². The van der Waals surface area contributed by atoms with E-state index in [9.17, 15) is 14.7 Å². The fourth-order valence-corrected chi connectivity index (χ4v) is 3.01. The maximum Gasteiger partial charge on any atom is 0.328 e. The van der Waals surface area contributed by atoms with Crippen molar-refractivity contribution < 1.29 is 19.4 Å². The highest BCUT2D eigenvalue weighted by atomic mass is 16.5. The molecule has 6 nitrogen and oxygen atoms in total. The quantitative estimate of drug-likeness (QED) is 0.493. The standard InChI is InChI=1S/C19H28N2O4/c1-2-3-12-25-17(23)16(13-14-6-8-15(22)9-7-14)21-18(24)19(20)10-4-5-11-19/h6-9,16,22H,2-5,10-13,20H2,1H3,(H,21,24)/t16-/m0/s1. The highest BCUT2D eigenvalue weighted by Gasteiger charge is 2.39. The number of esters is 1. The summed E-state index contributed by atoms with van der Waals surface area (Å²) in [5, 5.41) is 12.2. The van der Waals surface area contributed by atoms with Crippen LogP contribution in [0.15, 0.2) is 24.3 Å². The minimum absolute atomic E-state index is 0.154. The molecule has 0 bridgehead atoms. The average molecular weight is 348 g/mol. The fraction of sp³-hybridized carbons (Fsp3) is 0.579. The molecule has 1 aromatic carbocycles. The zero-order valence-corrected chi connectivity index (χ0v) is 14.8. The summed E-state index contributed by atoms with van der Waals surface area (Å²) in [6, 6.07) is 5.77. The van der Waals surface area contributed by atoms with Gasteiger partial charge in [-0.25, -0.2) is 4.79 Å². The average Bonchev–Trinajstić information content (AvgIpc) is 3.04. The largest absolute Gasteiger partial charge is 0.508 e. The molecule has 0 spiro atoms. The van der Waals surface area contributed by atoms with Crippen molar-refractivity contribution in [1.29, 1.82) is 0 Å². The highest BCUT2D eigenvalue weighted by molar-refractivity contribution is 5.90. The Bertz CT molecular complexity index is 580. The normalized spacial score (nSPS) is 17.0. The minimum atomic E-state index is -0.892. The van der Waals surface area contributed by atoms with E-state index in [2.05, 4.69) is 5.32 Å². The van der Waals surface area contributed by atoms with Gasteiger partial charge >= 0.3 is 5.97 Å². The van der Waals surface area contributed by atoms with Gasteiger partial charge in [-0.15, -0.1) is 0 Å². The van der Waals surface area contributed by atoms with Crippen molar-refractivity contribution in [2.24, 2.45) is 5.73 Å². The number of phenolic OH excluding ortho intramolecular Hbond substituents is 1. The number of nitrogens with one attached hydrogen (secondary N) is 1. The molecule has 1 aliphatic carbocycles. The number of hydrogen-bond donors (Lipinski definition) is 3. The molecule has 25 heavy (non-hydrogen) atoms. The second kappa shape index (κ2) is 8.85. The molecule has 0 saturated heterocycles. The minimum Gasteiger partial charge on any atom is -0.508 e. The first-order valence-corrected chi connectivity index (χ1v) is 8.99. The maximum atomic E-state index is 12.6. The molecule has 1 saturated carbocycles. The molecule has 0 aromatic heterocycles. The summed E-state index contributed by atoms with van der Waals surface area (Å²) in [5.41, 5.74) is 6.12. The second-order valence-corrected chi connectivity index (χ2v) is 6.78. The van der Waals surface area contributed by atoms with E-state index < -0.39 is 17.6 Å². The molecule has 1 amide bonds. The lowest BCUT2D eigenvalue weighted by atomic mass is 9.96. The molecule has 2 rings (SSSR count). The summed E-state index contributed by atoms with van der Waals surface area (Å²) in [7, 11) is 0. The number of hydrogen-bond acceptors (Lipinski definition) is 5. The summed E-state index contributed by atoms with van der Waals surface area (Å²) in [5.74, 6) is -0.584. The van der Waals surface area contributed by atoms with Crippen LogP contribution in [-0.2, 0) is 20.7 Å². The van der Waals surface area contributed by atoms with Crippen LogP contribution in [0.5, 0.6) is 5.75 Å². The molecule has 1 aromatic rings. The van der Waals surface area contributed by atoms with Crippen molar-refractivity contribution in [2.75, 3.05) is 6.61 Å². The van der Waals surface area contributed by atoms with Gasteiger partial charge in [-0.3, -0.25) is 4.79 Å². The fourth-order valence-electron chi connectivity index (χ4n) is 3.01. The van der Waals surface area contributed by atoms with E-state index >= 15 is 0 Å². The van der Waals surface area contributed by atoms with E-state index in [0.29, 0.717) is 25.9 Å². The lowest BCUT2D eigenvalue weighted by Crippen LogP contribution is -2.56. The Morgan fingerprint density at radius 1 is 1.28 bits per heavy atom. The molecule has 0 aliphatic heterocycles. The predicted molar refractivity (Wildman–Crippen MR) is 95.0 cm³/mol. The van der Waals surface area contributed by atoms with Crippen LogP contribution in [-0.4, -0.2) is 35.2 Å². The zero-order chi connectivity index (χ0) is 18.3. The van der Waals surface area contributed by atoms with Crippen LogP contribution >= 0.6 is 0 Å². The number of unbranched alkanes of at least 4 members (excludes halogenated alkanes) is 1. The lowest BCUT2D eigenvalue weighted by molar-refractivity contribution is -0.148. The Hall–Kier alpha value is -2.08. The number of carbonyl (C=O) groups is 2. The van der Waals surface area contributed by atoms with Crippen molar-refractivity contribution in [2.45, 2.75) is 63.5 Å². The topological polar surface area (TPSA) is 102 Å². The van der Waals surface area contributed by atoms with E-state index in [1.807, 2.05) is 6.92 Å². The van der Waals surface area contributed by atoms with Crippen LogP contribution in [0.2, 0.25) is 0 Å². The summed E-state index contributed by atoms with van der Waals surface area (Å²) < 4.78 is 5.29. The van der Waals surface area contributed by atoms with Gasteiger partial charge in [-0.05, 0) is 37.0 Å². The van der Waals surface area contributed by atoms with Crippen LogP contribution in [0.3, 0.4) is 0 Å². The van der Waals surface area contributed by atoms with Crippen molar-refractivity contribution >= 4 is 11.9 Å². The molecule has 0 heterocycles. The van der Waals surface area contributed by atoms with Crippen molar-refractivity contribution in [3.05, 3.63) is 29.8 Å². The highest BCUT2D eigenvalue weighted by Crippen LogP contribution is 2.27. The Kier molecular flexibility index (Phi) is 6.82. The van der Waals surface area contributed by atoms with Crippen LogP contribution < -0.4 is 11.1 Å². The molecule has 0 unspecified atom stereocenters. The summed E-state index contributed by atoms with van der Waals surface area (Å²) in [4.78, 5) is 25.0. The van der Waals surface area contributed by atoms with Crippen molar-refractivity contribution in [3.63, 3.8) is 0 Å². The van der Waals surface area contributed by atoms with Crippen LogP contribution in [0, 0.1) is 0 Å². The van der Waals surface area contributed by atoms with Crippen LogP contribution in [0.25, 0.3) is 0 Å². The van der Waals surface area contributed by atoms with Crippen molar-refractivity contribution in [3.8, 4) is 5.75 Å². The Labute approximate surface area is 148 Å². The molecule has 138 valence electrons. The first-order valence-electron chi connectivity index (χ1n) is 8.99. The first kappa shape index (κ1) is 19.2. The van der Waals surface area contributed by atoms with E-state index in [1.165, 1.54) is 0 Å². The summed E-state index contributed by atoms with van der Waals surface area (Å²) in [6.07, 6.45) is 5.12. The number of rotatable bonds is 8. The number of carbonyl (C=O) groups excluding carboxylic acids is 2. The van der Waals surface area contributed by atoms with Gasteiger partial charge in [0.2, 0.25) is 5.91 Å². The maximum absolute atomic E-state index is 12.6. The molecule has 1 aliphatic rings.